The fourth-order valence-corrected chi connectivity index (χ4v) is 3.20. The lowest BCUT2D eigenvalue weighted by molar-refractivity contribution is 0.0422. The number of carbonyl (C=O) groups is 1. The van der Waals surface area contributed by atoms with E-state index in [1.165, 1.54) is 31.4 Å². The van der Waals surface area contributed by atoms with Crippen LogP contribution in [0.3, 0.4) is 0 Å². The standard InChI is InChI=1S/C14H20N2O5S/c1-14(18,10-3-4-10)9-15-22(19,20)12-7-5-11(6-8-12)16-13(17)21-2/h5-8,10,15,18H,3-4,9H2,1-2H3,(H,16,17)/t14-/m0/s1. The second kappa shape index (κ2) is 6.23. The molecule has 1 aromatic carbocycles. The number of carbonyl (C=O) groups excluding carboxylic acids is 1. The SMILES string of the molecule is COC(=O)Nc1ccc(S(=O)(=O)NC[C@](C)(O)C2CC2)cc1. The van der Waals surface area contributed by atoms with Gasteiger partial charge in [-0.2, -0.15) is 0 Å². The van der Waals surface area contributed by atoms with E-state index in [1.54, 1.807) is 6.92 Å². The Morgan fingerprint density at radius 3 is 2.45 bits per heavy atom. The molecule has 1 fully saturated rings. The van der Waals surface area contributed by atoms with Crippen molar-refractivity contribution in [3.8, 4) is 0 Å². The molecule has 1 saturated carbocycles. The topological polar surface area (TPSA) is 105 Å². The van der Waals surface area contributed by atoms with Gasteiger partial charge < -0.3 is 9.84 Å². The first-order valence-corrected chi connectivity index (χ1v) is 8.40. The summed E-state index contributed by atoms with van der Waals surface area (Å²) in [6.45, 7) is 1.61. The quantitative estimate of drug-likeness (QED) is 0.730. The van der Waals surface area contributed by atoms with Gasteiger partial charge in [0.1, 0.15) is 0 Å². The minimum atomic E-state index is -3.70. The molecule has 0 radical (unpaired) electrons. The van der Waals surface area contributed by atoms with Crippen LogP contribution in [0.4, 0.5) is 10.5 Å². The normalized spacial score (nSPS) is 17.6. The molecule has 1 amide bonds. The summed E-state index contributed by atoms with van der Waals surface area (Å²) >= 11 is 0. The van der Waals surface area contributed by atoms with Gasteiger partial charge in [0.2, 0.25) is 10.0 Å². The van der Waals surface area contributed by atoms with Crippen molar-refractivity contribution in [2.24, 2.45) is 5.92 Å². The fourth-order valence-electron chi connectivity index (χ4n) is 2.06. The predicted octanol–water partition coefficient (Wildman–Crippen LogP) is 1.30. The summed E-state index contributed by atoms with van der Waals surface area (Å²) in [5.74, 6) is 0.154. The summed E-state index contributed by atoms with van der Waals surface area (Å²) in [4.78, 5) is 11.1. The molecule has 0 aliphatic heterocycles. The monoisotopic (exact) mass is 328 g/mol. The molecule has 8 heteroatoms. The van der Waals surface area contributed by atoms with Crippen molar-refractivity contribution in [2.45, 2.75) is 30.3 Å². The van der Waals surface area contributed by atoms with E-state index in [1.807, 2.05) is 0 Å². The molecular formula is C14H20N2O5S. The van der Waals surface area contributed by atoms with Crippen molar-refractivity contribution in [2.75, 3.05) is 19.0 Å². The summed E-state index contributed by atoms with van der Waals surface area (Å²) in [6, 6.07) is 5.67. The van der Waals surface area contributed by atoms with E-state index in [4.69, 9.17) is 0 Å². The van der Waals surface area contributed by atoms with Crippen LogP contribution in [0.1, 0.15) is 19.8 Å². The van der Waals surface area contributed by atoms with Crippen LogP contribution in [0.2, 0.25) is 0 Å². The molecular weight excluding hydrogens is 308 g/mol. The predicted molar refractivity (Wildman–Crippen MR) is 81.0 cm³/mol. The van der Waals surface area contributed by atoms with E-state index in [0.29, 0.717) is 5.69 Å². The molecule has 7 nitrogen and oxygen atoms in total. The van der Waals surface area contributed by atoms with E-state index in [2.05, 4.69) is 14.8 Å². The summed E-state index contributed by atoms with van der Waals surface area (Å²) < 4.78 is 31.2. The number of hydrogen-bond acceptors (Lipinski definition) is 5. The van der Waals surface area contributed by atoms with Gasteiger partial charge in [-0.1, -0.05) is 0 Å². The van der Waals surface area contributed by atoms with Crippen LogP contribution in [-0.2, 0) is 14.8 Å². The Morgan fingerprint density at radius 1 is 1.36 bits per heavy atom. The minimum Gasteiger partial charge on any atom is -0.453 e. The molecule has 0 heterocycles. The van der Waals surface area contributed by atoms with Gasteiger partial charge in [-0.3, -0.25) is 5.32 Å². The maximum Gasteiger partial charge on any atom is 0.411 e. The van der Waals surface area contributed by atoms with Gasteiger partial charge in [-0.15, -0.1) is 0 Å². The minimum absolute atomic E-state index is 0.0256. The molecule has 0 spiro atoms. The van der Waals surface area contributed by atoms with E-state index < -0.39 is 21.7 Å². The van der Waals surface area contributed by atoms with E-state index in [-0.39, 0.29) is 17.4 Å². The number of hydrogen-bond donors (Lipinski definition) is 3. The maximum absolute atomic E-state index is 12.2. The number of rotatable bonds is 6. The first-order chi connectivity index (χ1) is 10.2. The average Bonchev–Trinajstić information content (AvgIpc) is 3.31. The molecule has 1 aliphatic rings. The number of benzene rings is 1. The van der Waals surface area contributed by atoms with E-state index in [0.717, 1.165) is 12.8 Å². The summed E-state index contributed by atoms with van der Waals surface area (Å²) in [5.41, 5.74) is -0.602. The number of methoxy groups -OCH3 is 1. The van der Waals surface area contributed by atoms with Crippen molar-refractivity contribution in [1.29, 1.82) is 0 Å². The Labute approximate surface area is 129 Å². The Balaban J connectivity index is 2.01. The van der Waals surface area contributed by atoms with Crippen molar-refractivity contribution in [1.82, 2.24) is 4.72 Å². The zero-order valence-corrected chi connectivity index (χ0v) is 13.3. The van der Waals surface area contributed by atoms with Crippen LogP contribution >= 0.6 is 0 Å². The number of aliphatic hydroxyl groups is 1. The van der Waals surface area contributed by atoms with Gasteiger partial charge in [0.05, 0.1) is 17.6 Å². The highest BCUT2D eigenvalue weighted by molar-refractivity contribution is 7.89. The number of amides is 1. The summed E-state index contributed by atoms with van der Waals surface area (Å²) in [5, 5.41) is 12.6. The number of nitrogens with one attached hydrogen (secondary N) is 2. The van der Waals surface area contributed by atoms with Crippen LogP contribution in [0.15, 0.2) is 29.2 Å². The third-order valence-corrected chi connectivity index (χ3v) is 5.09. The average molecular weight is 328 g/mol. The number of anilines is 1. The van der Waals surface area contributed by atoms with Crippen LogP contribution < -0.4 is 10.0 Å². The zero-order valence-electron chi connectivity index (χ0n) is 12.5. The van der Waals surface area contributed by atoms with Crippen molar-refractivity contribution >= 4 is 21.8 Å². The molecule has 3 N–H and O–H groups in total. The van der Waals surface area contributed by atoms with Crippen molar-refractivity contribution in [3.63, 3.8) is 0 Å². The number of sulfonamides is 1. The van der Waals surface area contributed by atoms with Crippen molar-refractivity contribution in [3.05, 3.63) is 24.3 Å². The Morgan fingerprint density at radius 2 is 1.95 bits per heavy atom. The molecule has 1 atom stereocenters. The second-order valence-corrected chi connectivity index (χ2v) is 7.36. The first-order valence-electron chi connectivity index (χ1n) is 6.92. The van der Waals surface area contributed by atoms with E-state index in [9.17, 15) is 18.3 Å². The highest BCUT2D eigenvalue weighted by Gasteiger charge is 2.40. The zero-order chi connectivity index (χ0) is 16.4. The number of ether oxygens (including phenoxy) is 1. The third-order valence-electron chi connectivity index (χ3n) is 3.67. The molecule has 1 aromatic rings. The van der Waals surface area contributed by atoms with Crippen molar-refractivity contribution < 1.29 is 23.1 Å². The molecule has 0 saturated heterocycles. The summed E-state index contributed by atoms with van der Waals surface area (Å²) in [6.07, 6.45) is 1.21. The van der Waals surface area contributed by atoms with Gasteiger partial charge >= 0.3 is 6.09 Å². The molecule has 0 bridgehead atoms. The maximum atomic E-state index is 12.2. The first kappa shape index (κ1) is 16.7. The molecule has 22 heavy (non-hydrogen) atoms. The summed E-state index contributed by atoms with van der Waals surface area (Å²) in [7, 11) is -2.46. The molecule has 1 aliphatic carbocycles. The smallest absolute Gasteiger partial charge is 0.411 e. The molecule has 2 rings (SSSR count). The third kappa shape index (κ3) is 4.19. The van der Waals surface area contributed by atoms with Crippen LogP contribution in [-0.4, -0.2) is 38.9 Å². The molecule has 122 valence electrons. The lowest BCUT2D eigenvalue weighted by Gasteiger charge is -2.23. The van der Waals surface area contributed by atoms with Gasteiger partial charge in [-0.25, -0.2) is 17.9 Å². The Bertz CT molecular complexity index is 636. The molecule has 0 aromatic heterocycles. The van der Waals surface area contributed by atoms with Crippen LogP contribution in [0.25, 0.3) is 0 Å². The van der Waals surface area contributed by atoms with Crippen LogP contribution in [0, 0.1) is 5.92 Å². The lowest BCUT2D eigenvalue weighted by atomic mass is 10.0. The van der Waals surface area contributed by atoms with Gasteiger partial charge in [0.15, 0.2) is 0 Å². The Kier molecular flexibility index (Phi) is 4.74. The lowest BCUT2D eigenvalue weighted by Crippen LogP contribution is -2.42. The van der Waals surface area contributed by atoms with Gasteiger partial charge in [-0.05, 0) is 49.9 Å². The van der Waals surface area contributed by atoms with Gasteiger partial charge in [0, 0.05) is 12.2 Å². The highest BCUT2D eigenvalue weighted by Crippen LogP contribution is 2.39. The fraction of sp³-hybridized carbons (Fsp3) is 0.500. The highest BCUT2D eigenvalue weighted by atomic mass is 32.2. The Hall–Kier alpha value is -1.64. The van der Waals surface area contributed by atoms with E-state index >= 15 is 0 Å². The van der Waals surface area contributed by atoms with Gasteiger partial charge in [0.25, 0.3) is 0 Å². The van der Waals surface area contributed by atoms with Crippen LogP contribution in [0.5, 0.6) is 0 Å². The molecule has 0 unspecified atom stereocenters. The second-order valence-electron chi connectivity index (χ2n) is 5.60. The largest absolute Gasteiger partial charge is 0.453 e.